The lowest BCUT2D eigenvalue weighted by atomic mass is 9.69. The lowest BCUT2D eigenvalue weighted by Gasteiger charge is -2.43. The summed E-state index contributed by atoms with van der Waals surface area (Å²) < 4.78 is 22.1. The van der Waals surface area contributed by atoms with Gasteiger partial charge in [0.15, 0.2) is 0 Å². The molecule has 14 heteroatoms. The van der Waals surface area contributed by atoms with Crippen molar-refractivity contribution < 1.29 is 47.1 Å². The van der Waals surface area contributed by atoms with Crippen molar-refractivity contribution in [2.45, 2.75) is 156 Å². The Morgan fingerprint density at radius 1 is 0.464 bits per heavy atom. The second-order valence-electron chi connectivity index (χ2n) is 18.2. The molecule has 0 spiro atoms. The van der Waals surface area contributed by atoms with Gasteiger partial charge in [0.1, 0.15) is 23.1 Å². The van der Waals surface area contributed by atoms with E-state index in [1.165, 1.54) is 51.4 Å². The predicted octanol–water partition coefficient (Wildman–Crippen LogP) is 10.5. The molecular weight excluding hydrogens is 880 g/mol. The Bertz CT molecular complexity index is 1270. The fourth-order valence-corrected chi connectivity index (χ4v) is 10.9. The Labute approximate surface area is 354 Å². The first-order valence-corrected chi connectivity index (χ1v) is 31.0. The smallest absolute Gasteiger partial charge is 0.308 e. The number of methoxy groups -OCH3 is 2. The van der Waals surface area contributed by atoms with E-state index in [9.17, 15) is 28.8 Å². The third kappa shape index (κ3) is 14.9. The fraction of sp³-hybridized carbons (Fsp3) is 0.810. The normalized spacial score (nSPS) is 30.2. The first-order chi connectivity index (χ1) is 25.9. The van der Waals surface area contributed by atoms with E-state index in [1.54, 1.807) is 0 Å². The van der Waals surface area contributed by atoms with E-state index in [4.69, 9.17) is 8.85 Å². The number of ketones is 4. The molecule has 6 bridgehead atoms. The van der Waals surface area contributed by atoms with Crippen LogP contribution in [-0.4, -0.2) is 65.9 Å². The van der Waals surface area contributed by atoms with Crippen LogP contribution in [0.3, 0.4) is 0 Å². The highest BCUT2D eigenvalue weighted by Crippen LogP contribution is 2.47. The lowest BCUT2D eigenvalue weighted by Crippen LogP contribution is -2.40. The number of allylic oxidation sites excluding steroid dienone is 2. The van der Waals surface area contributed by atoms with Crippen LogP contribution < -0.4 is 0 Å². The molecule has 0 aromatic heterocycles. The van der Waals surface area contributed by atoms with Crippen LogP contribution >= 0.6 is 28.3 Å². The Balaban J connectivity index is 0.000000258. The fourth-order valence-electron chi connectivity index (χ4n) is 9.06. The van der Waals surface area contributed by atoms with Gasteiger partial charge in [-0.05, 0) is 142 Å². The van der Waals surface area contributed by atoms with Crippen molar-refractivity contribution in [1.29, 1.82) is 0 Å². The van der Waals surface area contributed by atoms with Gasteiger partial charge in [0, 0.05) is 63.8 Å². The van der Waals surface area contributed by atoms with Gasteiger partial charge in [0.05, 0.1) is 32.5 Å². The molecule has 320 valence electrons. The molecule has 10 rings (SSSR count). The van der Waals surface area contributed by atoms with Crippen LogP contribution in [0.2, 0.25) is 39.3 Å². The van der Waals surface area contributed by atoms with Gasteiger partial charge >= 0.3 is 11.9 Å². The zero-order chi connectivity index (χ0) is 41.1. The molecule has 0 amide bonds. The van der Waals surface area contributed by atoms with Crippen molar-refractivity contribution in [3.05, 3.63) is 11.5 Å². The Hall–Kier alpha value is -1.65. The summed E-state index contributed by atoms with van der Waals surface area (Å²) >= 11 is 5.50. The van der Waals surface area contributed by atoms with Gasteiger partial charge in [-0.15, -0.1) is 0 Å². The topological polar surface area (TPSA) is 139 Å². The summed E-state index contributed by atoms with van der Waals surface area (Å²) in [6, 6.07) is 0. The molecule has 0 unspecified atom stereocenters. The van der Waals surface area contributed by atoms with Gasteiger partial charge in [0.25, 0.3) is 0 Å². The molecule has 0 saturated heterocycles. The summed E-state index contributed by atoms with van der Waals surface area (Å²) in [6.45, 7) is 13.6. The molecule has 0 atom stereocenters. The van der Waals surface area contributed by atoms with Gasteiger partial charge in [-0.2, -0.15) is 0 Å². The minimum atomic E-state index is -1.52. The van der Waals surface area contributed by atoms with Gasteiger partial charge in [-0.25, -0.2) is 0 Å². The quantitative estimate of drug-likeness (QED) is 0.109. The second kappa shape index (κ2) is 23.2. The van der Waals surface area contributed by atoms with Crippen molar-refractivity contribution in [2.75, 3.05) is 14.2 Å². The third-order valence-electron chi connectivity index (χ3n) is 12.0. The molecule has 8 saturated carbocycles. The summed E-state index contributed by atoms with van der Waals surface area (Å²) in [7, 11) is -0.248. The second-order valence-corrected chi connectivity index (χ2v) is 27.1. The van der Waals surface area contributed by atoms with Crippen LogP contribution in [0.1, 0.15) is 117 Å². The highest BCUT2D eigenvalue weighted by molar-refractivity contribution is 9.93. The number of carbonyl (C=O) groups is 6. The molecule has 10 aliphatic rings. The van der Waals surface area contributed by atoms with Crippen LogP contribution in [0.5, 0.6) is 0 Å². The SMILES string of the molecule is BrBr.C.COC(=O)C1CCC(C(=O)OC)CC1.C[Si](C)(C)OC1=C(O[Si](C)(C)C)C2CCC1CC2.O=C1C(=O)C2CCC1CC2.O=C1CC(=O)C2CCC1CC2. The van der Waals surface area contributed by atoms with E-state index < -0.39 is 16.6 Å². The summed E-state index contributed by atoms with van der Waals surface area (Å²) in [4.78, 5) is 66.9. The van der Waals surface area contributed by atoms with Gasteiger partial charge in [-0.1, -0.05) is 7.43 Å². The lowest BCUT2D eigenvalue weighted by molar-refractivity contribution is -0.151. The minimum absolute atomic E-state index is 0. The standard InChI is InChI=1S/C14H28O2Si2.C10H16O4.C9H12O2.C8H10O2.CH4.Br2/c1-17(2,3)15-13-11-7-9-12(10-8-11)14(13)16-18(4,5)6;1-13-9(11)7-3-5-8(6-4-7)10(12)14-2;10-8-5-9(11)7-2-1-6(8)3-4-7;9-7-5-1-2-6(4-3-5)8(7)10;;1-2/h11-12H,7-10H2,1-6H3;7-8H,3-6H2,1-2H3;6-7H,1-5H2;5-6H,1-4H2;1H4;. The number of Topliss-reactive ketones (excluding diaryl/α,β-unsaturated/α-hetero) is 4. The molecule has 8 fully saturated rings. The average molecular weight is 951 g/mol. The largest absolute Gasteiger partial charge is 0.545 e. The number of esters is 2. The zero-order valence-electron chi connectivity index (χ0n) is 34.5. The maximum atomic E-state index is 11.3. The molecule has 10 aliphatic carbocycles. The van der Waals surface area contributed by atoms with Crippen molar-refractivity contribution in [1.82, 2.24) is 0 Å². The minimum Gasteiger partial charge on any atom is -0.545 e. The average Bonchev–Trinajstić information content (AvgIpc) is 3.40. The highest BCUT2D eigenvalue weighted by atomic mass is 80.9. The summed E-state index contributed by atoms with van der Waals surface area (Å²) in [5.74, 6) is 4.35. The predicted molar refractivity (Wildman–Crippen MR) is 231 cm³/mol. The number of rotatable bonds is 6. The van der Waals surface area contributed by atoms with Gasteiger partial charge in [0.2, 0.25) is 28.2 Å². The maximum absolute atomic E-state index is 11.3. The van der Waals surface area contributed by atoms with Crippen molar-refractivity contribution in [2.24, 2.45) is 47.3 Å². The van der Waals surface area contributed by atoms with E-state index in [1.807, 2.05) is 0 Å². The van der Waals surface area contributed by atoms with E-state index >= 15 is 0 Å². The van der Waals surface area contributed by atoms with Gasteiger partial charge < -0.3 is 18.3 Å². The molecule has 10 nitrogen and oxygen atoms in total. The Morgan fingerprint density at radius 3 is 0.946 bits per heavy atom. The monoisotopic (exact) mass is 948 g/mol. The third-order valence-corrected chi connectivity index (χ3v) is 13.7. The maximum Gasteiger partial charge on any atom is 0.308 e. The van der Waals surface area contributed by atoms with Gasteiger partial charge in [-0.3, -0.25) is 28.8 Å². The van der Waals surface area contributed by atoms with E-state index in [0.29, 0.717) is 11.8 Å². The molecule has 56 heavy (non-hydrogen) atoms. The molecule has 0 heterocycles. The molecule has 0 radical (unpaired) electrons. The molecule has 0 aromatic carbocycles. The van der Waals surface area contributed by atoms with Crippen LogP contribution in [-0.2, 0) is 47.1 Å². The van der Waals surface area contributed by atoms with Crippen LogP contribution in [0.4, 0.5) is 0 Å². The number of fused-ring (bicyclic) bond motifs is 9. The molecule has 0 aromatic rings. The Kier molecular flexibility index (Phi) is 20.9. The number of ether oxygens (including phenoxy) is 2. The first-order valence-electron chi connectivity index (χ1n) is 20.5. The van der Waals surface area contributed by atoms with Crippen molar-refractivity contribution in [3.8, 4) is 0 Å². The van der Waals surface area contributed by atoms with E-state index in [2.05, 4.69) is 77.0 Å². The number of halogens is 2. The highest BCUT2D eigenvalue weighted by Gasteiger charge is 2.42. The zero-order valence-corrected chi connectivity index (χ0v) is 39.7. The summed E-state index contributed by atoms with van der Waals surface area (Å²) in [5, 5.41) is 0. The number of carbonyl (C=O) groups excluding carboxylic acids is 6. The summed E-state index contributed by atoms with van der Waals surface area (Å²) in [6.07, 6.45) is 16.1. The van der Waals surface area contributed by atoms with Crippen molar-refractivity contribution in [3.63, 3.8) is 0 Å². The molecule has 0 N–H and O–H groups in total. The van der Waals surface area contributed by atoms with E-state index in [-0.39, 0.29) is 84.4 Å². The van der Waals surface area contributed by atoms with Crippen LogP contribution in [0, 0.1) is 47.3 Å². The number of hydrogen-bond donors (Lipinski definition) is 0. The molecular formula is C42H70Br2O10Si2. The van der Waals surface area contributed by atoms with E-state index in [0.717, 1.165) is 77.0 Å². The van der Waals surface area contributed by atoms with Crippen molar-refractivity contribution >= 4 is 80.0 Å². The van der Waals surface area contributed by atoms with Crippen LogP contribution in [0.15, 0.2) is 11.5 Å². The Morgan fingerprint density at radius 2 is 0.714 bits per heavy atom. The van der Waals surface area contributed by atoms with Crippen LogP contribution in [0.25, 0.3) is 0 Å². The summed E-state index contributed by atoms with van der Waals surface area (Å²) in [5.41, 5.74) is 0. The molecule has 0 aliphatic heterocycles. The first kappa shape index (κ1) is 50.5. The number of hydrogen-bond acceptors (Lipinski definition) is 10.